The van der Waals surface area contributed by atoms with Gasteiger partial charge < -0.3 is 19.3 Å². The highest BCUT2D eigenvalue weighted by atomic mass is 16.7. The minimum absolute atomic E-state index is 0.168. The van der Waals surface area contributed by atoms with Crippen molar-refractivity contribution in [1.82, 2.24) is 9.80 Å². The second-order valence-corrected chi connectivity index (χ2v) is 5.11. The molecule has 0 aromatic heterocycles. The third kappa shape index (κ3) is 3.37. The van der Waals surface area contributed by atoms with Crippen LogP contribution in [0, 0.1) is 16.0 Å². The Hall–Kier alpha value is -1.41. The lowest BCUT2D eigenvalue weighted by Crippen LogP contribution is -2.43. The van der Waals surface area contributed by atoms with Crippen LogP contribution in [-0.4, -0.2) is 67.0 Å². The Morgan fingerprint density at radius 3 is 2.95 bits per heavy atom. The smallest absolute Gasteiger partial charge is 0.276 e. The summed E-state index contributed by atoms with van der Waals surface area (Å²) in [6.07, 6.45) is 1.59. The number of rotatable bonds is 6. The van der Waals surface area contributed by atoms with Crippen LogP contribution in [0.5, 0.6) is 0 Å². The van der Waals surface area contributed by atoms with Crippen molar-refractivity contribution in [2.75, 3.05) is 40.0 Å². The molecule has 0 radical (unpaired) electrons. The van der Waals surface area contributed by atoms with Crippen molar-refractivity contribution < 1.29 is 14.5 Å². The number of hydrazone groups is 1. The molecule has 114 valence electrons. The number of methoxy groups -OCH3 is 1. The number of hydrogen-bond donors (Lipinski definition) is 0. The van der Waals surface area contributed by atoms with Gasteiger partial charge in [-0.25, -0.2) is 10.1 Å². The van der Waals surface area contributed by atoms with E-state index in [1.807, 2.05) is 16.7 Å². The number of hydrogen-bond acceptors (Lipinski definition) is 4. The fourth-order valence-corrected chi connectivity index (χ4v) is 2.80. The molecule has 0 saturated carbocycles. The van der Waals surface area contributed by atoms with Crippen molar-refractivity contribution in [3.8, 4) is 0 Å². The first kappa shape index (κ1) is 15.0. The molecule has 20 heavy (non-hydrogen) atoms. The maximum Gasteiger partial charge on any atom is 0.276 e. The minimum atomic E-state index is -0.631. The van der Waals surface area contributed by atoms with E-state index in [4.69, 9.17) is 9.47 Å². The Kier molecular flexibility index (Phi) is 5.13. The van der Waals surface area contributed by atoms with Crippen LogP contribution in [-0.2, 0) is 9.47 Å². The van der Waals surface area contributed by atoms with Crippen LogP contribution >= 0.6 is 0 Å². The van der Waals surface area contributed by atoms with E-state index in [2.05, 4.69) is 5.10 Å². The second kappa shape index (κ2) is 6.85. The summed E-state index contributed by atoms with van der Waals surface area (Å²) in [7, 11) is 1.62. The minimum Gasteiger partial charge on any atom is -0.381 e. The van der Waals surface area contributed by atoms with Gasteiger partial charge in [0.25, 0.3) is 5.96 Å². The summed E-state index contributed by atoms with van der Waals surface area (Å²) in [6, 6.07) is 0. The lowest BCUT2D eigenvalue weighted by atomic mass is 10.1. The third-order valence-corrected chi connectivity index (χ3v) is 3.79. The fraction of sp³-hybridized carbons (Fsp3) is 0.917. The molecule has 0 N–H and O–H groups in total. The molecule has 0 aromatic rings. The lowest BCUT2D eigenvalue weighted by molar-refractivity contribution is -0.486. The Bertz CT molecular complexity index is 366. The van der Waals surface area contributed by atoms with Gasteiger partial charge >= 0.3 is 0 Å². The van der Waals surface area contributed by atoms with Crippen LogP contribution < -0.4 is 0 Å². The number of nitrogens with zero attached hydrogens (tertiary/aromatic N) is 4. The first-order valence-corrected chi connectivity index (χ1v) is 7.00. The molecule has 2 unspecified atom stereocenters. The van der Waals surface area contributed by atoms with Crippen molar-refractivity contribution in [1.29, 1.82) is 0 Å². The Labute approximate surface area is 118 Å². The van der Waals surface area contributed by atoms with Crippen LogP contribution in [0.2, 0.25) is 0 Å². The van der Waals surface area contributed by atoms with Crippen LogP contribution in [0.25, 0.3) is 0 Å². The predicted octanol–water partition coefficient (Wildman–Crippen LogP) is 0.571. The van der Waals surface area contributed by atoms with E-state index in [0.29, 0.717) is 18.4 Å². The van der Waals surface area contributed by atoms with Gasteiger partial charge in [-0.3, -0.25) is 0 Å². The zero-order valence-electron chi connectivity index (χ0n) is 12.0. The van der Waals surface area contributed by atoms with E-state index in [-0.39, 0.29) is 6.23 Å². The van der Waals surface area contributed by atoms with Gasteiger partial charge in [-0.2, -0.15) is 0 Å². The molecule has 0 aliphatic carbocycles. The molecule has 2 atom stereocenters. The molecule has 2 heterocycles. The third-order valence-electron chi connectivity index (χ3n) is 3.79. The molecule has 2 fully saturated rings. The predicted molar refractivity (Wildman–Crippen MR) is 72.7 cm³/mol. The summed E-state index contributed by atoms with van der Waals surface area (Å²) in [5.74, 6) is 0.838. The number of guanidine groups is 1. The van der Waals surface area contributed by atoms with Gasteiger partial charge in [0.15, 0.2) is 5.03 Å². The van der Waals surface area contributed by atoms with Gasteiger partial charge in [-0.05, 0) is 12.8 Å². The quantitative estimate of drug-likeness (QED) is 0.524. The molecule has 8 heteroatoms. The molecule has 0 amide bonds. The fourth-order valence-electron chi connectivity index (χ4n) is 2.80. The summed E-state index contributed by atoms with van der Waals surface area (Å²) >= 11 is 0. The van der Waals surface area contributed by atoms with Crippen LogP contribution in [0.4, 0.5) is 0 Å². The summed E-state index contributed by atoms with van der Waals surface area (Å²) in [5, 5.41) is 13.7. The number of nitro groups is 1. The highest BCUT2D eigenvalue weighted by Gasteiger charge is 2.35. The monoisotopic (exact) mass is 286 g/mol. The van der Waals surface area contributed by atoms with E-state index in [9.17, 15) is 10.1 Å². The van der Waals surface area contributed by atoms with Gasteiger partial charge in [-0.15, -0.1) is 0 Å². The molecular weight excluding hydrogens is 264 g/mol. The molecule has 0 spiro atoms. The SMILES string of the molecule is CCC(OC)N1CCN(CC2CCOC2)C1=N[N+](=O)[O-]. The zero-order chi connectivity index (χ0) is 14.5. The molecule has 2 rings (SSSR count). The van der Waals surface area contributed by atoms with E-state index in [0.717, 1.165) is 39.1 Å². The summed E-state index contributed by atoms with van der Waals surface area (Å²) < 4.78 is 10.7. The molecular formula is C12H22N4O4. The first-order chi connectivity index (χ1) is 9.65. The highest BCUT2D eigenvalue weighted by molar-refractivity contribution is 5.81. The van der Waals surface area contributed by atoms with E-state index < -0.39 is 5.03 Å². The number of ether oxygens (including phenoxy) is 2. The Morgan fingerprint density at radius 2 is 2.40 bits per heavy atom. The van der Waals surface area contributed by atoms with Crippen LogP contribution in [0.15, 0.2) is 5.10 Å². The molecule has 0 bridgehead atoms. The van der Waals surface area contributed by atoms with E-state index in [1.54, 1.807) is 7.11 Å². The molecule has 2 aliphatic heterocycles. The van der Waals surface area contributed by atoms with Gasteiger partial charge in [0.2, 0.25) is 0 Å². The second-order valence-electron chi connectivity index (χ2n) is 5.11. The van der Waals surface area contributed by atoms with E-state index >= 15 is 0 Å². The van der Waals surface area contributed by atoms with Crippen molar-refractivity contribution in [2.24, 2.45) is 11.0 Å². The normalized spacial score (nSPS) is 26.5. The van der Waals surface area contributed by atoms with Gasteiger partial charge in [0.1, 0.15) is 11.3 Å². The topological polar surface area (TPSA) is 80.4 Å². The summed E-state index contributed by atoms with van der Waals surface area (Å²) in [5.41, 5.74) is 0. The maximum atomic E-state index is 10.8. The van der Waals surface area contributed by atoms with Crippen molar-refractivity contribution in [2.45, 2.75) is 26.0 Å². The van der Waals surface area contributed by atoms with Gasteiger partial charge in [0, 0.05) is 39.3 Å². The molecule has 2 saturated heterocycles. The average molecular weight is 286 g/mol. The van der Waals surface area contributed by atoms with Crippen molar-refractivity contribution in [3.63, 3.8) is 0 Å². The molecule has 2 aliphatic rings. The molecule has 0 aromatic carbocycles. The van der Waals surface area contributed by atoms with E-state index in [1.165, 1.54) is 0 Å². The van der Waals surface area contributed by atoms with Gasteiger partial charge in [-0.1, -0.05) is 6.92 Å². The maximum absolute atomic E-state index is 10.8. The van der Waals surface area contributed by atoms with Crippen LogP contribution in [0.1, 0.15) is 19.8 Å². The first-order valence-electron chi connectivity index (χ1n) is 7.00. The summed E-state index contributed by atoms with van der Waals surface area (Å²) in [4.78, 5) is 14.6. The molecule has 8 nitrogen and oxygen atoms in total. The zero-order valence-corrected chi connectivity index (χ0v) is 12.0. The largest absolute Gasteiger partial charge is 0.381 e. The highest BCUT2D eigenvalue weighted by Crippen LogP contribution is 2.20. The van der Waals surface area contributed by atoms with Crippen LogP contribution in [0.3, 0.4) is 0 Å². The van der Waals surface area contributed by atoms with Crippen molar-refractivity contribution in [3.05, 3.63) is 10.1 Å². The Morgan fingerprint density at radius 1 is 1.60 bits per heavy atom. The average Bonchev–Trinajstić information content (AvgIpc) is 3.04. The van der Waals surface area contributed by atoms with Gasteiger partial charge in [0.05, 0.1) is 6.61 Å². The summed E-state index contributed by atoms with van der Waals surface area (Å²) in [6.45, 7) is 5.69. The standard InChI is InChI=1S/C12H22N4O4/c1-3-11(19-2)15-6-5-14(12(15)13-16(17)18)8-10-4-7-20-9-10/h10-11H,3-9H2,1-2H3. The lowest BCUT2D eigenvalue weighted by Gasteiger charge is -2.27. The Balaban J connectivity index is 2.09. The van der Waals surface area contributed by atoms with Crippen molar-refractivity contribution >= 4 is 5.96 Å².